The average Bonchev–Trinajstić information content (AvgIpc) is 3.30. The normalized spacial score (nSPS) is 33.6. The van der Waals surface area contributed by atoms with Gasteiger partial charge in [-0.05, 0) is 109 Å². The molecule has 4 aliphatic rings. The van der Waals surface area contributed by atoms with Crippen molar-refractivity contribution in [2.45, 2.75) is 92.1 Å². The van der Waals surface area contributed by atoms with E-state index in [-0.39, 0.29) is 23.2 Å². The standard InChI is InChI=1S/C37H50O4/c1-24(2)8-7-9-25(3)30-14-15-31-29-13-12-27-23-28(18-20-36(27,4)32(29)19-21-37(30,31)5)41-35(39)17-11-26-10-16-33(38)34(22-26)40-6/h7,9-13,16-17,22,24-25,28,30-32,38H,8,14-15,18-21,23H2,1-6H3/b9-7+,17-11+/t25-,28+,30-,31?,32?,36+,37-/m1/s1. The highest BCUT2D eigenvalue weighted by Gasteiger charge is 2.57. The SMILES string of the molecule is COc1cc(/C=C/C(=O)O[C@H]2CC[C@@]3(C)C(=CC=C4C3CC[C@@]3(C)C4CC[C@@H]3[C@H](C)/C=C/CC(C)C)C2)ccc1O. The number of hydrogen-bond donors (Lipinski definition) is 1. The molecule has 0 bridgehead atoms. The van der Waals surface area contributed by atoms with Gasteiger partial charge in [0.05, 0.1) is 7.11 Å². The lowest BCUT2D eigenvalue weighted by Crippen LogP contribution is -2.46. The zero-order chi connectivity index (χ0) is 29.4. The quantitative estimate of drug-likeness (QED) is 0.196. The first-order valence-electron chi connectivity index (χ1n) is 15.9. The van der Waals surface area contributed by atoms with Crippen LogP contribution in [0.1, 0.15) is 91.5 Å². The number of methoxy groups -OCH3 is 1. The number of carbonyl (C=O) groups is 1. The maximum atomic E-state index is 12.7. The highest BCUT2D eigenvalue weighted by molar-refractivity contribution is 5.87. The Hall–Kier alpha value is -2.75. The molecule has 4 heteroatoms. The van der Waals surface area contributed by atoms with Gasteiger partial charge >= 0.3 is 5.97 Å². The van der Waals surface area contributed by atoms with Gasteiger partial charge in [-0.15, -0.1) is 0 Å². The van der Waals surface area contributed by atoms with Crippen LogP contribution >= 0.6 is 0 Å². The highest BCUT2D eigenvalue weighted by Crippen LogP contribution is 2.66. The molecule has 41 heavy (non-hydrogen) atoms. The van der Waals surface area contributed by atoms with Crippen LogP contribution in [0.4, 0.5) is 0 Å². The van der Waals surface area contributed by atoms with E-state index in [1.54, 1.807) is 29.8 Å². The van der Waals surface area contributed by atoms with E-state index in [0.717, 1.165) is 36.7 Å². The van der Waals surface area contributed by atoms with Gasteiger partial charge in [-0.2, -0.15) is 0 Å². The van der Waals surface area contributed by atoms with E-state index < -0.39 is 0 Å². The summed E-state index contributed by atoms with van der Waals surface area (Å²) in [5, 5.41) is 9.80. The molecule has 0 heterocycles. The second kappa shape index (κ2) is 11.9. The summed E-state index contributed by atoms with van der Waals surface area (Å²) in [4.78, 5) is 12.7. The molecular weight excluding hydrogens is 508 g/mol. The van der Waals surface area contributed by atoms with Gasteiger partial charge in [0.2, 0.25) is 0 Å². The van der Waals surface area contributed by atoms with Crippen LogP contribution in [0.3, 0.4) is 0 Å². The highest BCUT2D eigenvalue weighted by atomic mass is 16.5. The van der Waals surface area contributed by atoms with Crippen molar-refractivity contribution in [2.24, 2.45) is 40.4 Å². The molecule has 0 aliphatic heterocycles. The molecule has 3 saturated carbocycles. The smallest absolute Gasteiger partial charge is 0.331 e. The van der Waals surface area contributed by atoms with Gasteiger partial charge in [0, 0.05) is 12.5 Å². The summed E-state index contributed by atoms with van der Waals surface area (Å²) in [6.45, 7) is 12.1. The fourth-order valence-corrected chi connectivity index (χ4v) is 8.84. The van der Waals surface area contributed by atoms with Crippen molar-refractivity contribution >= 4 is 12.0 Å². The molecule has 4 aliphatic carbocycles. The van der Waals surface area contributed by atoms with Crippen molar-refractivity contribution in [3.05, 3.63) is 65.3 Å². The molecule has 222 valence electrons. The predicted octanol–water partition coefficient (Wildman–Crippen LogP) is 9.06. The zero-order valence-electron chi connectivity index (χ0n) is 26.0. The largest absolute Gasteiger partial charge is 0.504 e. The molecule has 1 aromatic carbocycles. The predicted molar refractivity (Wildman–Crippen MR) is 167 cm³/mol. The summed E-state index contributed by atoms with van der Waals surface area (Å²) in [7, 11) is 1.51. The molecule has 0 spiro atoms. The lowest BCUT2D eigenvalue weighted by molar-refractivity contribution is -0.144. The van der Waals surface area contributed by atoms with Crippen molar-refractivity contribution in [3.63, 3.8) is 0 Å². The van der Waals surface area contributed by atoms with Crippen LogP contribution in [0.15, 0.2) is 59.7 Å². The first-order chi connectivity index (χ1) is 19.5. The monoisotopic (exact) mass is 558 g/mol. The number of fused-ring (bicyclic) bond motifs is 5. The van der Waals surface area contributed by atoms with Crippen LogP contribution in [0.5, 0.6) is 11.5 Å². The molecule has 4 nitrogen and oxygen atoms in total. The van der Waals surface area contributed by atoms with Crippen molar-refractivity contribution in [3.8, 4) is 11.5 Å². The minimum atomic E-state index is -0.319. The number of rotatable bonds is 8. The van der Waals surface area contributed by atoms with Crippen LogP contribution in [-0.4, -0.2) is 24.3 Å². The van der Waals surface area contributed by atoms with Crippen LogP contribution < -0.4 is 4.74 Å². The number of allylic oxidation sites excluding steroid dienone is 5. The topological polar surface area (TPSA) is 55.8 Å². The molecule has 0 aromatic heterocycles. The Morgan fingerprint density at radius 1 is 1.07 bits per heavy atom. The second-order valence-corrected chi connectivity index (χ2v) is 14.1. The summed E-state index contributed by atoms with van der Waals surface area (Å²) in [5.74, 6) is 3.58. The molecule has 5 rings (SSSR count). The van der Waals surface area contributed by atoms with E-state index in [4.69, 9.17) is 9.47 Å². The first-order valence-corrected chi connectivity index (χ1v) is 15.9. The number of ether oxygens (including phenoxy) is 2. The Balaban J connectivity index is 1.25. The Morgan fingerprint density at radius 3 is 2.63 bits per heavy atom. The van der Waals surface area contributed by atoms with Crippen molar-refractivity contribution in [2.75, 3.05) is 7.11 Å². The van der Waals surface area contributed by atoms with Gasteiger partial charge in [0.1, 0.15) is 6.10 Å². The Bertz CT molecular complexity index is 1250. The number of carbonyl (C=O) groups excluding carboxylic acids is 1. The van der Waals surface area contributed by atoms with Crippen molar-refractivity contribution in [1.29, 1.82) is 0 Å². The third kappa shape index (κ3) is 5.81. The van der Waals surface area contributed by atoms with E-state index in [2.05, 4.69) is 58.9 Å². The zero-order valence-corrected chi connectivity index (χ0v) is 26.0. The minimum Gasteiger partial charge on any atom is -0.504 e. The Morgan fingerprint density at radius 2 is 1.88 bits per heavy atom. The number of benzene rings is 1. The molecule has 1 aromatic rings. The molecule has 0 amide bonds. The summed E-state index contributed by atoms with van der Waals surface area (Å²) >= 11 is 0. The van der Waals surface area contributed by atoms with Crippen molar-refractivity contribution < 1.29 is 19.4 Å². The lowest BCUT2D eigenvalue weighted by atomic mass is 9.50. The third-order valence-electron chi connectivity index (χ3n) is 11.2. The molecule has 3 fully saturated rings. The fourth-order valence-electron chi connectivity index (χ4n) is 8.84. The lowest BCUT2D eigenvalue weighted by Gasteiger charge is -2.55. The average molecular weight is 559 g/mol. The van der Waals surface area contributed by atoms with Crippen LogP contribution in [0.2, 0.25) is 0 Å². The third-order valence-corrected chi connectivity index (χ3v) is 11.2. The maximum absolute atomic E-state index is 12.7. The van der Waals surface area contributed by atoms with Gasteiger partial charge in [-0.1, -0.05) is 76.1 Å². The molecule has 2 unspecified atom stereocenters. The maximum Gasteiger partial charge on any atom is 0.331 e. The van der Waals surface area contributed by atoms with E-state index in [0.29, 0.717) is 28.9 Å². The summed E-state index contributed by atoms with van der Waals surface area (Å²) in [6.07, 6.45) is 22.2. The fraction of sp³-hybridized carbons (Fsp3) is 0.595. The summed E-state index contributed by atoms with van der Waals surface area (Å²) < 4.78 is 11.1. The molecule has 0 radical (unpaired) electrons. The van der Waals surface area contributed by atoms with Gasteiger partial charge in [0.15, 0.2) is 11.5 Å². The van der Waals surface area contributed by atoms with Crippen LogP contribution in [-0.2, 0) is 9.53 Å². The van der Waals surface area contributed by atoms with Gasteiger partial charge < -0.3 is 14.6 Å². The van der Waals surface area contributed by atoms with E-state index in [1.165, 1.54) is 50.9 Å². The first kappa shape index (κ1) is 29.7. The van der Waals surface area contributed by atoms with Gasteiger partial charge in [-0.25, -0.2) is 4.79 Å². The molecule has 1 N–H and O–H groups in total. The van der Waals surface area contributed by atoms with Crippen LogP contribution in [0, 0.1) is 40.4 Å². The number of aromatic hydroxyl groups is 1. The van der Waals surface area contributed by atoms with Gasteiger partial charge in [0.25, 0.3) is 0 Å². The molecule has 0 saturated heterocycles. The van der Waals surface area contributed by atoms with E-state index in [1.807, 2.05) is 0 Å². The number of phenols is 1. The summed E-state index contributed by atoms with van der Waals surface area (Å²) in [6, 6.07) is 5.01. The van der Waals surface area contributed by atoms with E-state index >= 15 is 0 Å². The molecular formula is C37H50O4. The number of hydrogen-bond acceptors (Lipinski definition) is 4. The number of esters is 1. The van der Waals surface area contributed by atoms with E-state index in [9.17, 15) is 9.90 Å². The van der Waals surface area contributed by atoms with Crippen LogP contribution in [0.25, 0.3) is 6.08 Å². The van der Waals surface area contributed by atoms with Gasteiger partial charge in [-0.3, -0.25) is 0 Å². The van der Waals surface area contributed by atoms with Crippen molar-refractivity contribution in [1.82, 2.24) is 0 Å². The second-order valence-electron chi connectivity index (χ2n) is 14.1. The molecule has 7 atom stereocenters. The Kier molecular flexibility index (Phi) is 8.60. The minimum absolute atomic E-state index is 0.0783. The Labute approximate surface area is 247 Å². The summed E-state index contributed by atoms with van der Waals surface area (Å²) in [5.41, 5.74) is 4.53. The number of phenolic OH excluding ortho intramolecular Hbond substituents is 1.